The molecule has 0 aliphatic rings. The number of rotatable bonds is 10. The van der Waals surface area contributed by atoms with Crippen molar-refractivity contribution in [2.45, 2.75) is 53.5 Å². The molecule has 0 spiro atoms. The first-order chi connectivity index (χ1) is 11.5. The van der Waals surface area contributed by atoms with Crippen LogP contribution in [0.2, 0.25) is 0 Å². The Morgan fingerprint density at radius 3 is 2.29 bits per heavy atom. The molecule has 0 saturated carbocycles. The number of guanidine groups is 1. The van der Waals surface area contributed by atoms with Crippen LogP contribution in [0, 0.1) is 13.8 Å². The van der Waals surface area contributed by atoms with E-state index in [-0.39, 0.29) is 0 Å². The summed E-state index contributed by atoms with van der Waals surface area (Å²) < 4.78 is 1.93. The van der Waals surface area contributed by atoms with Crippen LogP contribution in [-0.4, -0.2) is 53.9 Å². The Kier molecular flexibility index (Phi) is 9.45. The van der Waals surface area contributed by atoms with Gasteiger partial charge in [0.1, 0.15) is 0 Å². The highest BCUT2D eigenvalue weighted by Crippen LogP contribution is 2.10. The molecule has 0 fully saturated rings. The van der Waals surface area contributed by atoms with Crippen molar-refractivity contribution >= 4 is 5.96 Å². The quantitative estimate of drug-likeness (QED) is 0.391. The van der Waals surface area contributed by atoms with E-state index in [0.29, 0.717) is 0 Å². The fourth-order valence-corrected chi connectivity index (χ4v) is 2.94. The molecular formula is C18H36N6. The molecule has 0 aromatic carbocycles. The number of aryl methyl sites for hydroxylation is 2. The molecule has 0 saturated heterocycles. The molecule has 0 unspecified atom stereocenters. The van der Waals surface area contributed by atoms with E-state index in [1.165, 1.54) is 37.2 Å². The van der Waals surface area contributed by atoms with Crippen molar-refractivity contribution in [2.24, 2.45) is 12.0 Å². The van der Waals surface area contributed by atoms with Gasteiger partial charge in [0.25, 0.3) is 0 Å². The first kappa shape index (κ1) is 20.5. The second-order valence-electron chi connectivity index (χ2n) is 6.32. The molecule has 6 heteroatoms. The van der Waals surface area contributed by atoms with E-state index in [0.717, 1.165) is 37.7 Å². The van der Waals surface area contributed by atoms with Crippen LogP contribution in [0.3, 0.4) is 0 Å². The molecule has 1 aromatic heterocycles. The lowest BCUT2D eigenvalue weighted by atomic mass is 10.2. The van der Waals surface area contributed by atoms with Crippen LogP contribution in [0.1, 0.15) is 50.1 Å². The zero-order valence-electron chi connectivity index (χ0n) is 16.4. The van der Waals surface area contributed by atoms with Gasteiger partial charge in [0.15, 0.2) is 5.96 Å². The minimum atomic E-state index is 0.753. The van der Waals surface area contributed by atoms with E-state index >= 15 is 0 Å². The summed E-state index contributed by atoms with van der Waals surface area (Å²) in [5.41, 5.74) is 3.52. The average Bonchev–Trinajstić information content (AvgIpc) is 2.80. The SMILES string of the molecule is CCCN(CCC)CCCNC(=NC)NCc1c(C)nn(C)c1C. The zero-order valence-corrected chi connectivity index (χ0v) is 16.4. The molecule has 0 aliphatic heterocycles. The summed E-state index contributed by atoms with van der Waals surface area (Å²) in [5.74, 6) is 0.857. The average molecular weight is 337 g/mol. The van der Waals surface area contributed by atoms with Gasteiger partial charge in [-0.15, -0.1) is 0 Å². The summed E-state index contributed by atoms with van der Waals surface area (Å²) in [4.78, 5) is 6.85. The van der Waals surface area contributed by atoms with E-state index in [9.17, 15) is 0 Å². The first-order valence-electron chi connectivity index (χ1n) is 9.19. The van der Waals surface area contributed by atoms with Crippen molar-refractivity contribution in [3.63, 3.8) is 0 Å². The lowest BCUT2D eigenvalue weighted by Gasteiger charge is -2.21. The summed E-state index contributed by atoms with van der Waals surface area (Å²) in [6, 6.07) is 0. The Bertz CT molecular complexity index is 500. The van der Waals surface area contributed by atoms with E-state index < -0.39 is 0 Å². The first-order valence-corrected chi connectivity index (χ1v) is 9.19. The fourth-order valence-electron chi connectivity index (χ4n) is 2.94. The van der Waals surface area contributed by atoms with Crippen molar-refractivity contribution < 1.29 is 0 Å². The predicted molar refractivity (Wildman–Crippen MR) is 103 cm³/mol. The highest BCUT2D eigenvalue weighted by Gasteiger charge is 2.09. The number of nitrogens with zero attached hydrogens (tertiary/aromatic N) is 4. The number of aliphatic imine (C=N–C) groups is 1. The molecule has 0 bridgehead atoms. The van der Waals surface area contributed by atoms with Crippen LogP contribution in [0.5, 0.6) is 0 Å². The molecule has 0 atom stereocenters. The van der Waals surface area contributed by atoms with Crippen LogP contribution in [0.15, 0.2) is 4.99 Å². The van der Waals surface area contributed by atoms with Crippen molar-refractivity contribution in [1.82, 2.24) is 25.3 Å². The van der Waals surface area contributed by atoms with Gasteiger partial charge in [-0.25, -0.2) is 0 Å². The van der Waals surface area contributed by atoms with Crippen LogP contribution in [0.25, 0.3) is 0 Å². The van der Waals surface area contributed by atoms with Gasteiger partial charge in [0.2, 0.25) is 0 Å². The summed E-state index contributed by atoms with van der Waals surface area (Å²) in [6.45, 7) is 13.9. The minimum absolute atomic E-state index is 0.753. The van der Waals surface area contributed by atoms with Crippen LogP contribution < -0.4 is 10.6 Å². The maximum atomic E-state index is 4.45. The zero-order chi connectivity index (χ0) is 17.9. The second-order valence-corrected chi connectivity index (χ2v) is 6.32. The molecule has 6 nitrogen and oxygen atoms in total. The van der Waals surface area contributed by atoms with E-state index in [4.69, 9.17) is 0 Å². The third-order valence-electron chi connectivity index (χ3n) is 4.34. The Labute approximate surface area is 147 Å². The van der Waals surface area contributed by atoms with Gasteiger partial charge in [0, 0.05) is 38.4 Å². The second kappa shape index (κ2) is 11.1. The van der Waals surface area contributed by atoms with Gasteiger partial charge in [-0.05, 0) is 52.7 Å². The van der Waals surface area contributed by atoms with Crippen LogP contribution >= 0.6 is 0 Å². The van der Waals surface area contributed by atoms with E-state index in [1.807, 2.05) is 18.8 Å². The van der Waals surface area contributed by atoms with Gasteiger partial charge in [-0.2, -0.15) is 5.10 Å². The smallest absolute Gasteiger partial charge is 0.191 e. The summed E-state index contributed by atoms with van der Waals surface area (Å²) >= 11 is 0. The maximum absolute atomic E-state index is 4.45. The van der Waals surface area contributed by atoms with Crippen LogP contribution in [0.4, 0.5) is 0 Å². The monoisotopic (exact) mass is 336 g/mol. The standard InChI is InChI=1S/C18H36N6/c1-7-11-24(12-8-2)13-9-10-20-18(19-5)21-14-17-15(3)22-23(6)16(17)4/h7-14H2,1-6H3,(H2,19,20,21). The third kappa shape index (κ3) is 6.51. The lowest BCUT2D eigenvalue weighted by Crippen LogP contribution is -2.38. The number of nitrogens with one attached hydrogen (secondary N) is 2. The van der Waals surface area contributed by atoms with Gasteiger partial charge in [-0.3, -0.25) is 9.67 Å². The number of aromatic nitrogens is 2. The van der Waals surface area contributed by atoms with Crippen molar-refractivity contribution in [2.75, 3.05) is 33.2 Å². The molecule has 24 heavy (non-hydrogen) atoms. The Morgan fingerprint density at radius 1 is 1.12 bits per heavy atom. The van der Waals surface area contributed by atoms with E-state index in [2.05, 4.69) is 53.3 Å². The maximum Gasteiger partial charge on any atom is 0.191 e. The topological polar surface area (TPSA) is 57.5 Å². The summed E-state index contributed by atoms with van der Waals surface area (Å²) in [7, 11) is 3.80. The minimum Gasteiger partial charge on any atom is -0.356 e. The summed E-state index contributed by atoms with van der Waals surface area (Å²) in [5, 5.41) is 11.3. The van der Waals surface area contributed by atoms with Gasteiger partial charge in [0.05, 0.1) is 5.69 Å². The predicted octanol–water partition coefficient (Wildman–Crippen LogP) is 2.21. The van der Waals surface area contributed by atoms with Gasteiger partial charge >= 0.3 is 0 Å². The van der Waals surface area contributed by atoms with Crippen molar-refractivity contribution in [3.8, 4) is 0 Å². The van der Waals surface area contributed by atoms with Crippen molar-refractivity contribution in [3.05, 3.63) is 17.0 Å². The molecular weight excluding hydrogens is 300 g/mol. The molecule has 0 amide bonds. The van der Waals surface area contributed by atoms with Crippen LogP contribution in [-0.2, 0) is 13.6 Å². The highest BCUT2D eigenvalue weighted by atomic mass is 15.3. The molecule has 2 N–H and O–H groups in total. The molecule has 1 rings (SSSR count). The largest absolute Gasteiger partial charge is 0.356 e. The Balaban J connectivity index is 2.35. The molecule has 138 valence electrons. The normalized spacial score (nSPS) is 12.0. The highest BCUT2D eigenvalue weighted by molar-refractivity contribution is 5.79. The Morgan fingerprint density at radius 2 is 1.79 bits per heavy atom. The van der Waals surface area contributed by atoms with Crippen molar-refractivity contribution in [1.29, 1.82) is 0 Å². The molecule has 1 aromatic rings. The lowest BCUT2D eigenvalue weighted by molar-refractivity contribution is 0.271. The van der Waals surface area contributed by atoms with E-state index in [1.54, 1.807) is 0 Å². The molecule has 1 heterocycles. The third-order valence-corrected chi connectivity index (χ3v) is 4.34. The molecule has 0 radical (unpaired) electrons. The molecule has 0 aliphatic carbocycles. The number of hydrogen-bond donors (Lipinski definition) is 2. The summed E-state index contributed by atoms with van der Waals surface area (Å²) in [6.07, 6.45) is 3.58. The fraction of sp³-hybridized carbons (Fsp3) is 0.778. The Hall–Kier alpha value is -1.56. The van der Waals surface area contributed by atoms with Gasteiger partial charge < -0.3 is 15.5 Å². The number of hydrogen-bond acceptors (Lipinski definition) is 3. The van der Waals surface area contributed by atoms with Gasteiger partial charge in [-0.1, -0.05) is 13.8 Å².